The first-order chi connectivity index (χ1) is 21.0. The molecule has 0 saturated heterocycles. The van der Waals surface area contributed by atoms with Gasteiger partial charge in [0.15, 0.2) is 0 Å². The Balaban J connectivity index is 1.83. The number of carbonyl (C=O) groups excluding carboxylic acids is 2. The van der Waals surface area contributed by atoms with Crippen LogP contribution >= 0.6 is 34.8 Å². The largest absolute Gasteiger partial charge is 0.352 e. The molecule has 2 amide bonds. The highest BCUT2D eigenvalue weighted by Gasteiger charge is 2.35. The lowest BCUT2D eigenvalue weighted by atomic mass is 10.0. The molecule has 0 aromatic heterocycles. The first kappa shape index (κ1) is 33.3. The monoisotopic (exact) mass is 671 g/mol. The van der Waals surface area contributed by atoms with Crippen molar-refractivity contribution < 1.29 is 18.0 Å². The van der Waals surface area contributed by atoms with Gasteiger partial charge in [-0.3, -0.25) is 13.9 Å². The predicted octanol–water partition coefficient (Wildman–Crippen LogP) is 7.01. The van der Waals surface area contributed by atoms with Crippen molar-refractivity contribution in [2.75, 3.05) is 10.8 Å². The second-order valence-electron chi connectivity index (χ2n) is 10.4. The van der Waals surface area contributed by atoms with Crippen LogP contribution in [0.15, 0.2) is 108 Å². The SMILES string of the molecule is CC(C)NC(=O)C(Cc1ccccc1)N(Cc1ccc(Cl)cc1Cl)C(=O)CN(c1ccccc1Cl)S(=O)(=O)c1ccccc1. The predicted molar refractivity (Wildman–Crippen MR) is 177 cm³/mol. The Bertz CT molecular complexity index is 1700. The molecule has 0 spiro atoms. The van der Waals surface area contributed by atoms with Gasteiger partial charge >= 0.3 is 0 Å². The molecule has 1 unspecified atom stereocenters. The van der Waals surface area contributed by atoms with Crippen LogP contribution in [0.25, 0.3) is 0 Å². The Morgan fingerprint density at radius 1 is 0.795 bits per heavy atom. The number of para-hydroxylation sites is 1. The molecule has 0 fully saturated rings. The van der Waals surface area contributed by atoms with Crippen LogP contribution in [0.1, 0.15) is 25.0 Å². The van der Waals surface area contributed by atoms with Gasteiger partial charge in [0.2, 0.25) is 11.8 Å². The molecule has 4 aromatic rings. The highest BCUT2D eigenvalue weighted by Crippen LogP contribution is 2.31. The molecule has 230 valence electrons. The van der Waals surface area contributed by atoms with Gasteiger partial charge in [0.1, 0.15) is 12.6 Å². The molecule has 0 aliphatic rings. The van der Waals surface area contributed by atoms with E-state index in [0.29, 0.717) is 15.6 Å². The number of nitrogens with one attached hydrogen (secondary N) is 1. The summed E-state index contributed by atoms with van der Waals surface area (Å²) in [5.41, 5.74) is 1.48. The number of halogens is 3. The highest BCUT2D eigenvalue weighted by molar-refractivity contribution is 7.92. The summed E-state index contributed by atoms with van der Waals surface area (Å²) in [5, 5.41) is 3.78. The number of nitrogens with zero attached hydrogens (tertiary/aromatic N) is 2. The van der Waals surface area contributed by atoms with Crippen molar-refractivity contribution >= 4 is 62.3 Å². The smallest absolute Gasteiger partial charge is 0.264 e. The molecule has 7 nitrogen and oxygen atoms in total. The van der Waals surface area contributed by atoms with E-state index in [1.807, 2.05) is 44.2 Å². The number of amides is 2. The molecule has 1 atom stereocenters. The van der Waals surface area contributed by atoms with Crippen molar-refractivity contribution in [1.29, 1.82) is 0 Å². The molecule has 0 radical (unpaired) electrons. The maximum Gasteiger partial charge on any atom is 0.264 e. The summed E-state index contributed by atoms with van der Waals surface area (Å²) in [4.78, 5) is 29.5. The van der Waals surface area contributed by atoms with Crippen LogP contribution in [-0.2, 0) is 32.6 Å². The van der Waals surface area contributed by atoms with Crippen molar-refractivity contribution in [3.05, 3.63) is 129 Å². The minimum Gasteiger partial charge on any atom is -0.352 e. The van der Waals surface area contributed by atoms with Crippen LogP contribution in [0, 0.1) is 0 Å². The van der Waals surface area contributed by atoms with Crippen LogP contribution in [0.2, 0.25) is 15.1 Å². The molecule has 0 aliphatic heterocycles. The van der Waals surface area contributed by atoms with Crippen LogP contribution in [0.4, 0.5) is 5.69 Å². The highest BCUT2D eigenvalue weighted by atomic mass is 35.5. The Labute approximate surface area is 273 Å². The number of benzene rings is 4. The maximum atomic E-state index is 14.4. The van der Waals surface area contributed by atoms with Gasteiger partial charge in [0.05, 0.1) is 15.6 Å². The fourth-order valence-electron chi connectivity index (χ4n) is 4.66. The topological polar surface area (TPSA) is 86.8 Å². The summed E-state index contributed by atoms with van der Waals surface area (Å²) in [6.07, 6.45) is 0.174. The maximum absolute atomic E-state index is 14.4. The third kappa shape index (κ3) is 8.33. The van der Waals surface area contributed by atoms with Gasteiger partial charge in [-0.15, -0.1) is 0 Å². The molecule has 0 heterocycles. The number of hydrogen-bond acceptors (Lipinski definition) is 4. The average molecular weight is 673 g/mol. The van der Waals surface area contributed by atoms with E-state index in [2.05, 4.69) is 5.32 Å². The van der Waals surface area contributed by atoms with E-state index >= 15 is 0 Å². The normalized spacial score (nSPS) is 12.0. The van der Waals surface area contributed by atoms with Crippen LogP contribution in [0.3, 0.4) is 0 Å². The van der Waals surface area contributed by atoms with E-state index in [1.54, 1.807) is 54.6 Å². The van der Waals surface area contributed by atoms with E-state index in [-0.39, 0.29) is 34.6 Å². The molecule has 0 saturated carbocycles. The quantitative estimate of drug-likeness (QED) is 0.176. The standard InChI is InChI=1S/C33H32Cl3N3O4S/c1-23(2)37-33(41)31(19-24-11-5-3-6-12-24)38(21-25-17-18-26(34)20-29(25)36)32(40)22-39(30-16-10-9-15-28(30)35)44(42,43)27-13-7-4-8-14-27/h3-18,20,23,31H,19,21-22H2,1-2H3,(H,37,41). The molecular formula is C33H32Cl3N3O4S. The van der Waals surface area contributed by atoms with Crippen LogP contribution in [-0.4, -0.2) is 43.8 Å². The number of carbonyl (C=O) groups is 2. The van der Waals surface area contributed by atoms with Gasteiger partial charge in [-0.2, -0.15) is 0 Å². The van der Waals surface area contributed by atoms with E-state index in [0.717, 1.165) is 9.87 Å². The minimum absolute atomic E-state index is 0.0154. The lowest BCUT2D eigenvalue weighted by Crippen LogP contribution is -2.54. The van der Waals surface area contributed by atoms with E-state index in [1.165, 1.54) is 23.1 Å². The summed E-state index contributed by atoms with van der Waals surface area (Å²) >= 11 is 19.2. The van der Waals surface area contributed by atoms with Crippen molar-refractivity contribution in [3.8, 4) is 0 Å². The molecule has 44 heavy (non-hydrogen) atoms. The van der Waals surface area contributed by atoms with Crippen LogP contribution < -0.4 is 9.62 Å². The van der Waals surface area contributed by atoms with E-state index in [4.69, 9.17) is 34.8 Å². The lowest BCUT2D eigenvalue weighted by molar-refractivity contribution is -0.140. The van der Waals surface area contributed by atoms with Gasteiger partial charge in [-0.05, 0) is 61.4 Å². The third-order valence-electron chi connectivity index (χ3n) is 6.79. The van der Waals surface area contributed by atoms with Crippen molar-refractivity contribution in [1.82, 2.24) is 10.2 Å². The fraction of sp³-hybridized carbons (Fsp3) is 0.212. The zero-order valence-corrected chi connectivity index (χ0v) is 27.2. The average Bonchev–Trinajstić information content (AvgIpc) is 2.99. The van der Waals surface area contributed by atoms with Crippen molar-refractivity contribution in [2.24, 2.45) is 0 Å². The summed E-state index contributed by atoms with van der Waals surface area (Å²) in [6, 6.07) is 27.1. The number of anilines is 1. The molecule has 1 N–H and O–H groups in total. The van der Waals surface area contributed by atoms with Gasteiger partial charge in [0.25, 0.3) is 10.0 Å². The molecule has 11 heteroatoms. The molecule has 4 rings (SSSR count). The zero-order valence-electron chi connectivity index (χ0n) is 24.2. The van der Waals surface area contributed by atoms with E-state index in [9.17, 15) is 18.0 Å². The summed E-state index contributed by atoms with van der Waals surface area (Å²) in [7, 11) is -4.26. The molecular weight excluding hydrogens is 641 g/mol. The van der Waals surface area contributed by atoms with E-state index < -0.39 is 34.4 Å². The zero-order chi connectivity index (χ0) is 31.9. The Kier molecular flexibility index (Phi) is 11.3. The van der Waals surface area contributed by atoms with Gasteiger partial charge in [-0.1, -0.05) is 102 Å². The first-order valence-electron chi connectivity index (χ1n) is 13.9. The van der Waals surface area contributed by atoms with Gasteiger partial charge < -0.3 is 10.2 Å². The third-order valence-corrected chi connectivity index (χ3v) is 9.47. The van der Waals surface area contributed by atoms with Gasteiger partial charge in [0, 0.05) is 29.1 Å². The first-order valence-corrected chi connectivity index (χ1v) is 16.4. The second kappa shape index (κ2) is 14.9. The fourth-order valence-corrected chi connectivity index (χ4v) is 6.87. The number of rotatable bonds is 12. The number of hydrogen-bond donors (Lipinski definition) is 1. The second-order valence-corrected chi connectivity index (χ2v) is 13.5. The summed E-state index contributed by atoms with van der Waals surface area (Å²) in [5.74, 6) is -1.02. The molecule has 0 bridgehead atoms. The molecule has 4 aromatic carbocycles. The Hall–Kier alpha value is -3.56. The molecule has 0 aliphatic carbocycles. The van der Waals surface area contributed by atoms with Crippen molar-refractivity contribution in [2.45, 2.75) is 43.8 Å². The summed E-state index contributed by atoms with van der Waals surface area (Å²) < 4.78 is 29.0. The summed E-state index contributed by atoms with van der Waals surface area (Å²) in [6.45, 7) is 2.93. The lowest BCUT2D eigenvalue weighted by Gasteiger charge is -2.34. The number of sulfonamides is 1. The van der Waals surface area contributed by atoms with Gasteiger partial charge in [-0.25, -0.2) is 8.42 Å². The Morgan fingerprint density at radius 2 is 1.41 bits per heavy atom. The van der Waals surface area contributed by atoms with Crippen LogP contribution in [0.5, 0.6) is 0 Å². The minimum atomic E-state index is -4.26. The van der Waals surface area contributed by atoms with Crippen molar-refractivity contribution in [3.63, 3.8) is 0 Å². The Morgan fingerprint density at radius 3 is 2.02 bits per heavy atom.